The van der Waals surface area contributed by atoms with Gasteiger partial charge in [0.05, 0.1) is 11.8 Å². The fraction of sp³-hybridized carbons (Fsp3) is 0.100. The molecule has 0 amide bonds. The third-order valence-electron chi connectivity index (χ3n) is 2.41. The molecule has 0 bridgehead atoms. The summed E-state index contributed by atoms with van der Waals surface area (Å²) in [5.74, 6) is 0.125. The van der Waals surface area contributed by atoms with Gasteiger partial charge in [-0.25, -0.2) is 4.39 Å². The number of halogens is 1. The highest BCUT2D eigenvalue weighted by atomic mass is 32.2. The standard InChI is InChI=1S/C10H8FN7S/c1-19-10-15-8(12)18-9(16-10)14-7(17-18)5-2-3-13-4-6(5)11/h2-4H,1H3,(H2,12,14,15,16,17). The van der Waals surface area contributed by atoms with Gasteiger partial charge >= 0.3 is 0 Å². The summed E-state index contributed by atoms with van der Waals surface area (Å²) in [7, 11) is 0. The summed E-state index contributed by atoms with van der Waals surface area (Å²) in [6, 6.07) is 1.49. The molecular formula is C10H8FN7S. The fourth-order valence-electron chi connectivity index (χ4n) is 1.55. The summed E-state index contributed by atoms with van der Waals surface area (Å²) in [6.07, 6.45) is 4.39. The van der Waals surface area contributed by atoms with Crippen molar-refractivity contribution in [1.29, 1.82) is 0 Å². The van der Waals surface area contributed by atoms with Crippen LogP contribution in [0.3, 0.4) is 0 Å². The summed E-state index contributed by atoms with van der Waals surface area (Å²) >= 11 is 1.34. The number of nitrogen functional groups attached to an aromatic ring is 1. The minimum absolute atomic E-state index is 0.155. The molecule has 0 aliphatic carbocycles. The van der Waals surface area contributed by atoms with Crippen molar-refractivity contribution in [3.8, 4) is 11.4 Å². The molecule has 3 aromatic heterocycles. The number of hydrogen-bond donors (Lipinski definition) is 1. The summed E-state index contributed by atoms with van der Waals surface area (Å²) in [5, 5.41) is 4.58. The van der Waals surface area contributed by atoms with E-state index in [0.29, 0.717) is 5.16 Å². The molecule has 0 aliphatic rings. The van der Waals surface area contributed by atoms with Gasteiger partial charge in [-0.05, 0) is 12.3 Å². The molecule has 2 N–H and O–H groups in total. The van der Waals surface area contributed by atoms with Crippen molar-refractivity contribution in [3.05, 3.63) is 24.3 Å². The molecule has 96 valence electrons. The van der Waals surface area contributed by atoms with Gasteiger partial charge in [-0.2, -0.15) is 19.5 Å². The van der Waals surface area contributed by atoms with E-state index in [-0.39, 0.29) is 23.1 Å². The molecule has 9 heteroatoms. The average molecular weight is 277 g/mol. The first-order chi connectivity index (χ1) is 9.19. The van der Waals surface area contributed by atoms with Crippen LogP contribution in [-0.2, 0) is 0 Å². The zero-order valence-corrected chi connectivity index (χ0v) is 10.6. The first kappa shape index (κ1) is 11.8. The minimum Gasteiger partial charge on any atom is -0.368 e. The average Bonchev–Trinajstić information content (AvgIpc) is 2.83. The Morgan fingerprint density at radius 3 is 2.89 bits per heavy atom. The number of hydrogen-bond acceptors (Lipinski definition) is 7. The highest BCUT2D eigenvalue weighted by Gasteiger charge is 2.14. The van der Waals surface area contributed by atoms with E-state index in [1.54, 1.807) is 0 Å². The third-order valence-corrected chi connectivity index (χ3v) is 2.96. The molecular weight excluding hydrogens is 269 g/mol. The van der Waals surface area contributed by atoms with E-state index in [1.807, 2.05) is 6.26 Å². The van der Waals surface area contributed by atoms with Gasteiger partial charge in [0, 0.05) is 6.20 Å². The Labute approximate surface area is 111 Å². The second kappa shape index (κ2) is 4.43. The van der Waals surface area contributed by atoms with Crippen molar-refractivity contribution in [3.63, 3.8) is 0 Å². The molecule has 7 nitrogen and oxygen atoms in total. The largest absolute Gasteiger partial charge is 0.368 e. The summed E-state index contributed by atoms with van der Waals surface area (Å²) in [5.41, 5.74) is 5.99. The minimum atomic E-state index is -0.505. The van der Waals surface area contributed by atoms with Crippen LogP contribution in [0.1, 0.15) is 0 Å². The summed E-state index contributed by atoms with van der Waals surface area (Å²) < 4.78 is 14.9. The zero-order chi connectivity index (χ0) is 13.4. The summed E-state index contributed by atoms with van der Waals surface area (Å²) in [6.45, 7) is 0. The molecule has 0 unspecified atom stereocenters. The number of fused-ring (bicyclic) bond motifs is 1. The molecule has 0 saturated heterocycles. The van der Waals surface area contributed by atoms with Crippen LogP contribution < -0.4 is 5.73 Å². The normalized spacial score (nSPS) is 11.1. The van der Waals surface area contributed by atoms with E-state index in [0.717, 1.165) is 6.20 Å². The van der Waals surface area contributed by atoms with E-state index in [1.165, 1.54) is 28.5 Å². The van der Waals surface area contributed by atoms with E-state index in [2.05, 4.69) is 25.0 Å². The topological polar surface area (TPSA) is 94.9 Å². The number of anilines is 1. The Morgan fingerprint density at radius 2 is 2.16 bits per heavy atom. The number of nitrogens with zero attached hydrogens (tertiary/aromatic N) is 6. The van der Waals surface area contributed by atoms with Crippen LogP contribution in [-0.4, -0.2) is 35.8 Å². The predicted octanol–water partition coefficient (Wildman–Crippen LogP) is 1.02. The van der Waals surface area contributed by atoms with Gasteiger partial charge in [0.25, 0.3) is 5.78 Å². The van der Waals surface area contributed by atoms with E-state index < -0.39 is 5.82 Å². The molecule has 0 atom stereocenters. The molecule has 3 heterocycles. The Hall–Kier alpha value is -2.29. The maximum Gasteiger partial charge on any atom is 0.258 e. The van der Waals surface area contributed by atoms with Gasteiger partial charge in [0.2, 0.25) is 5.95 Å². The quantitative estimate of drug-likeness (QED) is 0.699. The number of aromatic nitrogens is 6. The van der Waals surface area contributed by atoms with Gasteiger partial charge in [0.1, 0.15) is 0 Å². The Kier molecular flexibility index (Phi) is 2.75. The smallest absolute Gasteiger partial charge is 0.258 e. The van der Waals surface area contributed by atoms with Crippen molar-refractivity contribution < 1.29 is 4.39 Å². The van der Waals surface area contributed by atoms with Gasteiger partial charge in [-0.1, -0.05) is 11.8 Å². The van der Waals surface area contributed by atoms with Gasteiger partial charge in [-0.3, -0.25) is 4.98 Å². The second-order valence-corrected chi connectivity index (χ2v) is 4.34. The predicted molar refractivity (Wildman–Crippen MR) is 68.0 cm³/mol. The SMILES string of the molecule is CSc1nc(N)n2nc(-c3ccncc3F)nc2n1. The molecule has 0 saturated carbocycles. The number of rotatable bonds is 2. The number of nitrogens with two attached hydrogens (primary N) is 1. The van der Waals surface area contributed by atoms with Crippen LogP contribution >= 0.6 is 11.8 Å². The maximum absolute atomic E-state index is 13.6. The van der Waals surface area contributed by atoms with Gasteiger partial charge < -0.3 is 5.73 Å². The molecule has 3 rings (SSSR count). The van der Waals surface area contributed by atoms with Crippen molar-refractivity contribution in [1.82, 2.24) is 29.5 Å². The maximum atomic E-state index is 13.6. The highest BCUT2D eigenvalue weighted by molar-refractivity contribution is 7.98. The van der Waals surface area contributed by atoms with Gasteiger partial charge in [-0.15, -0.1) is 5.10 Å². The van der Waals surface area contributed by atoms with Crippen molar-refractivity contribution in [2.45, 2.75) is 5.16 Å². The molecule has 0 fully saturated rings. The zero-order valence-electron chi connectivity index (χ0n) is 9.78. The van der Waals surface area contributed by atoms with Crippen LogP contribution in [0.15, 0.2) is 23.6 Å². The van der Waals surface area contributed by atoms with E-state index >= 15 is 0 Å². The van der Waals surface area contributed by atoms with Crippen LogP contribution in [0.4, 0.5) is 10.3 Å². The first-order valence-electron chi connectivity index (χ1n) is 5.23. The van der Waals surface area contributed by atoms with Crippen molar-refractivity contribution in [2.75, 3.05) is 12.0 Å². The molecule has 0 radical (unpaired) electrons. The molecule has 0 spiro atoms. The molecule has 19 heavy (non-hydrogen) atoms. The molecule has 0 aliphatic heterocycles. The summed E-state index contributed by atoms with van der Waals surface area (Å²) in [4.78, 5) is 16.0. The van der Waals surface area contributed by atoms with Crippen LogP contribution in [0.2, 0.25) is 0 Å². The van der Waals surface area contributed by atoms with Crippen LogP contribution in [0.25, 0.3) is 17.2 Å². The lowest BCUT2D eigenvalue weighted by Gasteiger charge is -1.97. The fourth-order valence-corrected chi connectivity index (χ4v) is 1.91. The number of thioether (sulfide) groups is 1. The van der Waals surface area contributed by atoms with Crippen LogP contribution in [0.5, 0.6) is 0 Å². The van der Waals surface area contributed by atoms with Crippen molar-refractivity contribution >= 4 is 23.5 Å². The monoisotopic (exact) mass is 277 g/mol. The Bertz CT molecular complexity index is 757. The second-order valence-electron chi connectivity index (χ2n) is 3.57. The lowest BCUT2D eigenvalue weighted by molar-refractivity contribution is 0.623. The van der Waals surface area contributed by atoms with E-state index in [9.17, 15) is 4.39 Å². The molecule has 3 aromatic rings. The van der Waals surface area contributed by atoms with Crippen molar-refractivity contribution in [2.24, 2.45) is 0 Å². The highest BCUT2D eigenvalue weighted by Crippen LogP contribution is 2.20. The Balaban J connectivity index is 2.22. The Morgan fingerprint density at radius 1 is 1.32 bits per heavy atom. The lowest BCUT2D eigenvalue weighted by atomic mass is 10.2. The number of pyridine rings is 1. The lowest BCUT2D eigenvalue weighted by Crippen LogP contribution is -2.04. The molecule has 0 aromatic carbocycles. The van der Waals surface area contributed by atoms with Crippen LogP contribution in [0, 0.1) is 5.82 Å². The first-order valence-corrected chi connectivity index (χ1v) is 6.45. The van der Waals surface area contributed by atoms with Gasteiger partial charge in [0.15, 0.2) is 16.8 Å². The third kappa shape index (κ3) is 1.97. The van der Waals surface area contributed by atoms with E-state index in [4.69, 9.17) is 5.73 Å².